The van der Waals surface area contributed by atoms with Crippen LogP contribution < -0.4 is 4.74 Å². The van der Waals surface area contributed by atoms with Crippen LogP contribution in [0.2, 0.25) is 0 Å². The summed E-state index contributed by atoms with van der Waals surface area (Å²) in [5.74, 6) is 0.586. The molecule has 0 spiro atoms. The van der Waals surface area contributed by atoms with Gasteiger partial charge in [0.05, 0.1) is 28.7 Å². The van der Waals surface area contributed by atoms with E-state index in [9.17, 15) is 8.42 Å². The maximum atomic E-state index is 14.2. The molecule has 6 aromatic rings. The summed E-state index contributed by atoms with van der Waals surface area (Å²) in [6.45, 7) is 3.87. The van der Waals surface area contributed by atoms with Gasteiger partial charge in [0.25, 0.3) is 10.0 Å². The number of rotatable bonds is 4. The molecular weight excluding hydrogens is 468 g/mol. The molecule has 0 saturated carbocycles. The second-order valence-electron chi connectivity index (χ2n) is 9.04. The second kappa shape index (κ2) is 8.21. The van der Waals surface area contributed by atoms with Gasteiger partial charge >= 0.3 is 0 Å². The van der Waals surface area contributed by atoms with Crippen LogP contribution in [0.4, 0.5) is 0 Å². The number of pyridine rings is 1. The molecule has 0 aliphatic heterocycles. The minimum Gasteiger partial charge on any atom is -0.497 e. The molecule has 178 valence electrons. The van der Waals surface area contributed by atoms with Gasteiger partial charge in [-0.05, 0) is 61.0 Å². The minimum atomic E-state index is -3.96. The highest BCUT2D eigenvalue weighted by molar-refractivity contribution is 7.90. The molecule has 0 bridgehead atoms. The summed E-state index contributed by atoms with van der Waals surface area (Å²) in [4.78, 5) is 5.10. The maximum absolute atomic E-state index is 14.2. The molecule has 5 nitrogen and oxygen atoms in total. The fraction of sp³-hybridized carbons (Fsp3) is 0.100. The van der Waals surface area contributed by atoms with Gasteiger partial charge in [-0.15, -0.1) is 0 Å². The molecular formula is C30H24N2O3S. The van der Waals surface area contributed by atoms with Gasteiger partial charge in [-0.3, -0.25) is 4.98 Å². The van der Waals surface area contributed by atoms with E-state index < -0.39 is 10.0 Å². The zero-order valence-electron chi connectivity index (χ0n) is 20.2. The Labute approximate surface area is 209 Å². The summed E-state index contributed by atoms with van der Waals surface area (Å²) in [6.07, 6.45) is 0. The van der Waals surface area contributed by atoms with E-state index in [0.717, 1.165) is 38.4 Å². The molecule has 6 heteroatoms. The van der Waals surface area contributed by atoms with Crippen molar-refractivity contribution >= 4 is 42.6 Å². The molecule has 0 saturated heterocycles. The summed E-state index contributed by atoms with van der Waals surface area (Å²) in [5, 5.41) is 3.84. The molecule has 0 amide bonds. The van der Waals surface area contributed by atoms with E-state index in [1.807, 2.05) is 68.4 Å². The third-order valence-electron chi connectivity index (χ3n) is 6.62. The molecule has 0 fully saturated rings. The highest BCUT2D eigenvalue weighted by Crippen LogP contribution is 2.39. The molecule has 2 aromatic heterocycles. The maximum Gasteiger partial charge on any atom is 0.268 e. The molecule has 2 heterocycles. The van der Waals surface area contributed by atoms with Crippen molar-refractivity contribution < 1.29 is 13.2 Å². The Morgan fingerprint density at radius 1 is 0.778 bits per heavy atom. The highest BCUT2D eigenvalue weighted by atomic mass is 32.2. The lowest BCUT2D eigenvalue weighted by molar-refractivity contribution is 0.415. The summed E-state index contributed by atoms with van der Waals surface area (Å²) in [7, 11) is -2.38. The van der Waals surface area contributed by atoms with Crippen molar-refractivity contribution in [2.75, 3.05) is 7.11 Å². The zero-order valence-corrected chi connectivity index (χ0v) is 21.0. The van der Waals surface area contributed by atoms with Crippen molar-refractivity contribution in [2.24, 2.45) is 0 Å². The van der Waals surface area contributed by atoms with Gasteiger partial charge in [0.1, 0.15) is 5.75 Å². The monoisotopic (exact) mass is 492 g/mol. The van der Waals surface area contributed by atoms with Crippen molar-refractivity contribution in [3.63, 3.8) is 0 Å². The summed E-state index contributed by atoms with van der Waals surface area (Å²) < 4.78 is 35.3. The smallest absolute Gasteiger partial charge is 0.268 e. The third kappa shape index (κ3) is 3.45. The zero-order chi connectivity index (χ0) is 25.0. The molecule has 6 rings (SSSR count). The van der Waals surface area contributed by atoms with E-state index >= 15 is 0 Å². The van der Waals surface area contributed by atoms with Crippen LogP contribution in [0.3, 0.4) is 0 Å². The standard InChI is InChI=1S/C30H24N2O3S/c1-19-8-13-25(14-9-19)36(33,34)32-28-18-24(35-3)12-15-26(28)27-16-20(2)31-29(30(27)32)23-11-10-21-6-4-5-7-22(21)17-23/h4-18H,1-3H3. The highest BCUT2D eigenvalue weighted by Gasteiger charge is 2.27. The Morgan fingerprint density at radius 2 is 1.53 bits per heavy atom. The van der Waals surface area contributed by atoms with Crippen molar-refractivity contribution in [2.45, 2.75) is 18.7 Å². The lowest BCUT2D eigenvalue weighted by Gasteiger charge is -2.13. The molecule has 0 N–H and O–H groups in total. The molecule has 0 aliphatic rings. The summed E-state index contributed by atoms with van der Waals surface area (Å²) >= 11 is 0. The Kier molecular flexibility index (Phi) is 5.09. The van der Waals surface area contributed by atoms with E-state index in [4.69, 9.17) is 9.72 Å². The minimum absolute atomic E-state index is 0.222. The van der Waals surface area contributed by atoms with Crippen molar-refractivity contribution in [1.82, 2.24) is 8.96 Å². The Hall–Kier alpha value is -4.16. The molecule has 0 radical (unpaired) electrons. The Bertz CT molecular complexity index is 1900. The van der Waals surface area contributed by atoms with E-state index in [1.165, 1.54) is 3.97 Å². The van der Waals surface area contributed by atoms with Gasteiger partial charge in [-0.1, -0.05) is 54.1 Å². The lowest BCUT2D eigenvalue weighted by atomic mass is 10.0. The summed E-state index contributed by atoms with van der Waals surface area (Å²) in [5.41, 5.74) is 4.40. The van der Waals surface area contributed by atoms with Crippen LogP contribution in [0.1, 0.15) is 11.3 Å². The number of hydrogen-bond acceptors (Lipinski definition) is 4. The van der Waals surface area contributed by atoms with E-state index in [-0.39, 0.29) is 4.90 Å². The number of aryl methyl sites for hydroxylation is 2. The van der Waals surface area contributed by atoms with E-state index in [1.54, 1.807) is 25.3 Å². The molecule has 0 unspecified atom stereocenters. The van der Waals surface area contributed by atoms with Crippen LogP contribution in [0.15, 0.2) is 95.9 Å². The summed E-state index contributed by atoms with van der Waals surface area (Å²) in [6, 6.07) is 28.7. The average molecular weight is 493 g/mol. The third-order valence-corrected chi connectivity index (χ3v) is 8.35. The molecule has 0 aliphatic carbocycles. The second-order valence-corrected chi connectivity index (χ2v) is 10.8. The van der Waals surface area contributed by atoms with Crippen LogP contribution in [-0.4, -0.2) is 24.5 Å². The Balaban J connectivity index is 1.77. The largest absolute Gasteiger partial charge is 0.497 e. The van der Waals surface area contributed by atoms with Gasteiger partial charge in [-0.25, -0.2) is 12.4 Å². The SMILES string of the molecule is COc1ccc2c3cc(C)nc(-c4ccc5ccccc5c4)c3n(S(=O)(=O)c3ccc(C)cc3)c2c1. The van der Waals surface area contributed by atoms with Crippen LogP contribution >= 0.6 is 0 Å². The Morgan fingerprint density at radius 3 is 2.28 bits per heavy atom. The predicted molar refractivity (Wildman–Crippen MR) is 145 cm³/mol. The average Bonchev–Trinajstić information content (AvgIpc) is 3.22. The van der Waals surface area contributed by atoms with Crippen LogP contribution in [0.25, 0.3) is 43.8 Å². The first-order valence-electron chi connectivity index (χ1n) is 11.7. The van der Waals surface area contributed by atoms with E-state index in [2.05, 4.69) is 18.2 Å². The fourth-order valence-electron chi connectivity index (χ4n) is 4.84. The first kappa shape index (κ1) is 22.3. The topological polar surface area (TPSA) is 61.2 Å². The van der Waals surface area contributed by atoms with Gasteiger partial charge in [-0.2, -0.15) is 0 Å². The number of methoxy groups -OCH3 is 1. The van der Waals surface area contributed by atoms with Gasteiger partial charge in [0.2, 0.25) is 0 Å². The van der Waals surface area contributed by atoms with Gasteiger partial charge in [0, 0.05) is 28.1 Å². The van der Waals surface area contributed by atoms with Crippen molar-refractivity contribution in [3.8, 4) is 17.0 Å². The number of nitrogens with zero attached hydrogens (tertiary/aromatic N) is 2. The number of hydrogen-bond donors (Lipinski definition) is 0. The number of ether oxygens (including phenoxy) is 1. The predicted octanol–water partition coefficient (Wildman–Crippen LogP) is 6.87. The van der Waals surface area contributed by atoms with Crippen molar-refractivity contribution in [3.05, 3.63) is 102 Å². The molecule has 0 atom stereocenters. The van der Waals surface area contributed by atoms with Crippen molar-refractivity contribution in [1.29, 1.82) is 0 Å². The molecule has 36 heavy (non-hydrogen) atoms. The van der Waals surface area contributed by atoms with Crippen LogP contribution in [0.5, 0.6) is 5.75 Å². The quantitative estimate of drug-likeness (QED) is 0.269. The fourth-order valence-corrected chi connectivity index (χ4v) is 6.36. The van der Waals surface area contributed by atoms with E-state index in [0.29, 0.717) is 22.5 Å². The van der Waals surface area contributed by atoms with Gasteiger partial charge in [0.15, 0.2) is 0 Å². The first-order chi connectivity index (χ1) is 17.4. The van der Waals surface area contributed by atoms with Gasteiger partial charge < -0.3 is 4.74 Å². The lowest BCUT2D eigenvalue weighted by Crippen LogP contribution is -2.13. The molecule has 4 aromatic carbocycles. The number of benzene rings is 4. The van der Waals surface area contributed by atoms with Crippen LogP contribution in [-0.2, 0) is 10.0 Å². The first-order valence-corrected chi connectivity index (χ1v) is 13.1. The van der Waals surface area contributed by atoms with Crippen LogP contribution in [0, 0.1) is 13.8 Å². The number of fused-ring (bicyclic) bond motifs is 4. The number of aromatic nitrogens is 2. The normalized spacial score (nSPS) is 12.0.